The number of nitrogens with one attached hydrogen (secondary N) is 1. The zero-order chi connectivity index (χ0) is 18.7. The van der Waals surface area contributed by atoms with Gasteiger partial charge in [0.2, 0.25) is 0 Å². The van der Waals surface area contributed by atoms with Gasteiger partial charge in [0.25, 0.3) is 11.8 Å². The van der Waals surface area contributed by atoms with Crippen LogP contribution in [0.1, 0.15) is 34.6 Å². The first kappa shape index (κ1) is 18.6. The molecule has 0 aromatic heterocycles. The summed E-state index contributed by atoms with van der Waals surface area (Å²) in [5.41, 5.74) is 1.53. The van der Waals surface area contributed by atoms with Crippen LogP contribution in [0.3, 0.4) is 0 Å². The van der Waals surface area contributed by atoms with Crippen LogP contribution in [-0.4, -0.2) is 42.0 Å². The third-order valence-corrected chi connectivity index (χ3v) is 4.75. The molecule has 1 fully saturated rings. The summed E-state index contributed by atoms with van der Waals surface area (Å²) in [4.78, 5) is 27.3. The van der Waals surface area contributed by atoms with Gasteiger partial charge in [-0.1, -0.05) is 28.1 Å². The van der Waals surface area contributed by atoms with E-state index in [1.54, 1.807) is 41.3 Å². The molecule has 1 heterocycles. The molecule has 0 saturated carbocycles. The van der Waals surface area contributed by atoms with Gasteiger partial charge < -0.3 is 15.0 Å². The van der Waals surface area contributed by atoms with E-state index < -0.39 is 0 Å². The monoisotopic (exact) mass is 416 g/mol. The quantitative estimate of drug-likeness (QED) is 0.823. The Balaban J connectivity index is 1.80. The number of amides is 2. The number of carbonyl (C=O) groups excluding carboxylic acids is 2. The molecule has 5 nitrogen and oxygen atoms in total. The molecule has 0 aliphatic carbocycles. The number of hydrogen-bond donors (Lipinski definition) is 1. The second-order valence-corrected chi connectivity index (χ2v) is 7.39. The molecule has 0 radical (unpaired) electrons. The van der Waals surface area contributed by atoms with Crippen molar-refractivity contribution in [2.24, 2.45) is 0 Å². The lowest BCUT2D eigenvalue weighted by Crippen LogP contribution is -2.48. The SMILES string of the molecule is C[C@@H]1CN(C(=O)c2ccccc2NC(=O)c2ccc(Br)cc2)C[C@@H](C)O1. The third kappa shape index (κ3) is 4.31. The highest BCUT2D eigenvalue weighted by atomic mass is 79.9. The van der Waals surface area contributed by atoms with Crippen LogP contribution in [0.15, 0.2) is 53.0 Å². The maximum absolute atomic E-state index is 13.0. The van der Waals surface area contributed by atoms with Gasteiger partial charge in [0.15, 0.2) is 0 Å². The highest BCUT2D eigenvalue weighted by molar-refractivity contribution is 9.10. The fourth-order valence-electron chi connectivity index (χ4n) is 3.09. The fourth-order valence-corrected chi connectivity index (χ4v) is 3.35. The van der Waals surface area contributed by atoms with Crippen LogP contribution < -0.4 is 5.32 Å². The number of benzene rings is 2. The van der Waals surface area contributed by atoms with E-state index in [4.69, 9.17) is 4.74 Å². The second-order valence-electron chi connectivity index (χ2n) is 6.47. The van der Waals surface area contributed by atoms with Crippen LogP contribution in [-0.2, 0) is 4.74 Å². The highest BCUT2D eigenvalue weighted by Gasteiger charge is 2.28. The molecule has 26 heavy (non-hydrogen) atoms. The predicted octanol–water partition coefficient (Wildman–Crippen LogP) is 3.95. The van der Waals surface area contributed by atoms with Gasteiger partial charge in [-0.2, -0.15) is 0 Å². The maximum Gasteiger partial charge on any atom is 0.256 e. The fraction of sp³-hybridized carbons (Fsp3) is 0.300. The van der Waals surface area contributed by atoms with Crippen molar-refractivity contribution in [2.75, 3.05) is 18.4 Å². The van der Waals surface area contributed by atoms with E-state index in [0.29, 0.717) is 29.9 Å². The summed E-state index contributed by atoms with van der Waals surface area (Å²) < 4.78 is 6.60. The zero-order valence-corrected chi connectivity index (χ0v) is 16.3. The Morgan fingerprint density at radius 3 is 2.31 bits per heavy atom. The Hall–Kier alpha value is -2.18. The first-order valence-corrected chi connectivity index (χ1v) is 9.34. The van der Waals surface area contributed by atoms with E-state index in [1.807, 2.05) is 26.0 Å². The minimum Gasteiger partial charge on any atom is -0.372 e. The van der Waals surface area contributed by atoms with Gasteiger partial charge in [-0.05, 0) is 50.2 Å². The number of ether oxygens (including phenoxy) is 1. The molecule has 0 spiro atoms. The Morgan fingerprint density at radius 2 is 1.65 bits per heavy atom. The molecule has 6 heteroatoms. The first-order chi connectivity index (χ1) is 12.4. The zero-order valence-electron chi connectivity index (χ0n) is 14.7. The molecule has 1 N–H and O–H groups in total. The van der Waals surface area contributed by atoms with E-state index >= 15 is 0 Å². The molecule has 2 amide bonds. The molecule has 1 saturated heterocycles. The summed E-state index contributed by atoms with van der Waals surface area (Å²) in [5.74, 6) is -0.347. The lowest BCUT2D eigenvalue weighted by Gasteiger charge is -2.35. The summed E-state index contributed by atoms with van der Waals surface area (Å²) in [7, 11) is 0. The van der Waals surface area contributed by atoms with E-state index in [9.17, 15) is 9.59 Å². The van der Waals surface area contributed by atoms with E-state index in [-0.39, 0.29) is 24.0 Å². The van der Waals surface area contributed by atoms with Gasteiger partial charge in [0.1, 0.15) is 0 Å². The normalized spacial score (nSPS) is 19.9. The predicted molar refractivity (Wildman–Crippen MR) is 104 cm³/mol. The van der Waals surface area contributed by atoms with Crippen LogP contribution in [0, 0.1) is 0 Å². The van der Waals surface area contributed by atoms with Gasteiger partial charge >= 0.3 is 0 Å². The average molecular weight is 417 g/mol. The maximum atomic E-state index is 13.0. The molecule has 1 aliphatic rings. The number of anilines is 1. The summed E-state index contributed by atoms with van der Waals surface area (Å²) in [6, 6.07) is 14.2. The Kier molecular flexibility index (Phi) is 5.74. The van der Waals surface area contributed by atoms with Crippen molar-refractivity contribution in [2.45, 2.75) is 26.1 Å². The van der Waals surface area contributed by atoms with Gasteiger partial charge in [-0.15, -0.1) is 0 Å². The number of rotatable bonds is 3. The molecule has 2 atom stereocenters. The smallest absolute Gasteiger partial charge is 0.256 e. The van der Waals surface area contributed by atoms with Crippen molar-refractivity contribution in [3.63, 3.8) is 0 Å². The molecule has 136 valence electrons. The molecular formula is C20H21BrN2O3. The molecule has 3 rings (SSSR count). The van der Waals surface area contributed by atoms with Crippen molar-refractivity contribution >= 4 is 33.4 Å². The minimum atomic E-state index is -0.249. The third-order valence-electron chi connectivity index (χ3n) is 4.22. The summed E-state index contributed by atoms with van der Waals surface area (Å²) in [6.45, 7) is 4.99. The first-order valence-electron chi connectivity index (χ1n) is 8.54. The van der Waals surface area contributed by atoms with E-state index in [1.165, 1.54) is 0 Å². The average Bonchev–Trinajstić information content (AvgIpc) is 2.61. The number of morpholine rings is 1. The van der Waals surface area contributed by atoms with Crippen molar-refractivity contribution < 1.29 is 14.3 Å². The number of para-hydroxylation sites is 1. The van der Waals surface area contributed by atoms with Crippen molar-refractivity contribution in [3.05, 3.63) is 64.1 Å². The number of nitrogens with zero attached hydrogens (tertiary/aromatic N) is 1. The second kappa shape index (κ2) is 8.01. The molecule has 1 aliphatic heterocycles. The van der Waals surface area contributed by atoms with Crippen LogP contribution in [0.25, 0.3) is 0 Å². The Labute approximate surface area is 161 Å². The van der Waals surface area contributed by atoms with Crippen LogP contribution in [0.5, 0.6) is 0 Å². The molecule has 0 bridgehead atoms. The number of carbonyl (C=O) groups is 2. The number of hydrogen-bond acceptors (Lipinski definition) is 3. The van der Waals surface area contributed by atoms with Crippen molar-refractivity contribution in [1.29, 1.82) is 0 Å². The molecule has 2 aromatic rings. The summed E-state index contributed by atoms with van der Waals surface area (Å²) >= 11 is 3.35. The molecular weight excluding hydrogens is 396 g/mol. The van der Waals surface area contributed by atoms with E-state index in [2.05, 4.69) is 21.2 Å². The van der Waals surface area contributed by atoms with Gasteiger partial charge in [0.05, 0.1) is 23.5 Å². The van der Waals surface area contributed by atoms with Gasteiger partial charge in [-0.25, -0.2) is 0 Å². The van der Waals surface area contributed by atoms with Gasteiger partial charge in [0, 0.05) is 23.1 Å². The molecule has 2 aromatic carbocycles. The lowest BCUT2D eigenvalue weighted by molar-refractivity contribution is -0.0585. The summed E-state index contributed by atoms with van der Waals surface area (Å²) in [6.07, 6.45) is -0.0144. The van der Waals surface area contributed by atoms with Crippen LogP contribution in [0.2, 0.25) is 0 Å². The van der Waals surface area contributed by atoms with E-state index in [0.717, 1.165) is 4.47 Å². The topological polar surface area (TPSA) is 58.6 Å². The van der Waals surface area contributed by atoms with Crippen molar-refractivity contribution in [3.8, 4) is 0 Å². The highest BCUT2D eigenvalue weighted by Crippen LogP contribution is 2.21. The van der Waals surface area contributed by atoms with Crippen molar-refractivity contribution in [1.82, 2.24) is 4.90 Å². The van der Waals surface area contributed by atoms with Crippen LogP contribution in [0.4, 0.5) is 5.69 Å². The largest absolute Gasteiger partial charge is 0.372 e. The minimum absolute atomic E-state index is 0.00720. The lowest BCUT2D eigenvalue weighted by atomic mass is 10.1. The van der Waals surface area contributed by atoms with Crippen LogP contribution >= 0.6 is 15.9 Å². The van der Waals surface area contributed by atoms with Gasteiger partial charge in [-0.3, -0.25) is 9.59 Å². The standard InChI is InChI=1S/C20H21BrN2O3/c1-13-11-23(12-14(2)26-13)20(25)17-5-3-4-6-18(17)22-19(24)15-7-9-16(21)10-8-15/h3-10,13-14H,11-12H2,1-2H3,(H,22,24)/t13-,14-/m1/s1. The number of halogens is 1. The Bertz CT molecular complexity index is 797. The molecule has 0 unspecified atom stereocenters. The summed E-state index contributed by atoms with van der Waals surface area (Å²) in [5, 5.41) is 2.86. The Morgan fingerprint density at radius 1 is 1.04 bits per heavy atom.